The fraction of sp³-hybridized carbons (Fsp3) is 0.367. The number of rotatable bonds is 13. The van der Waals surface area contributed by atoms with E-state index in [0.717, 1.165) is 71.2 Å². The maximum absolute atomic E-state index is 15.1. The number of benzene rings is 3. The van der Waals surface area contributed by atoms with Gasteiger partial charge in [-0.25, -0.2) is 18.4 Å². The molecule has 4 fully saturated rings. The van der Waals surface area contributed by atoms with Crippen LogP contribution in [0.4, 0.5) is 25.0 Å². The number of halogens is 2. The summed E-state index contributed by atoms with van der Waals surface area (Å²) in [5, 5.41) is 4.06. The summed E-state index contributed by atoms with van der Waals surface area (Å²) in [4.78, 5) is 37.4. The molecule has 3 aromatic carbocycles. The van der Waals surface area contributed by atoms with Crippen molar-refractivity contribution >= 4 is 26.6 Å². The Hall–Kier alpha value is -5.98. The number of hydrogen-bond acceptors (Lipinski definition) is 12. The van der Waals surface area contributed by atoms with Crippen LogP contribution in [0.3, 0.4) is 0 Å². The van der Waals surface area contributed by atoms with Gasteiger partial charge in [-0.05, 0) is 99.1 Å². The van der Waals surface area contributed by atoms with Crippen LogP contribution in [0.15, 0.2) is 132 Å². The van der Waals surface area contributed by atoms with Crippen LogP contribution in [0.25, 0.3) is 0 Å². The second-order valence-electron chi connectivity index (χ2n) is 17.1. The number of amides is 1. The number of pyridine rings is 2. The molecule has 0 bridgehead atoms. The summed E-state index contributed by atoms with van der Waals surface area (Å²) in [6.07, 6.45) is 6.02. The van der Waals surface area contributed by atoms with Crippen molar-refractivity contribution in [1.29, 1.82) is 0 Å². The minimum atomic E-state index is -2.37. The molecule has 17 heteroatoms. The third kappa shape index (κ3) is 8.49. The molecule has 0 N–H and O–H groups in total. The van der Waals surface area contributed by atoms with Crippen LogP contribution in [-0.4, -0.2) is 106 Å². The first-order valence-electron chi connectivity index (χ1n) is 22.3. The minimum absolute atomic E-state index is 0.00104. The van der Waals surface area contributed by atoms with Crippen molar-refractivity contribution in [3.63, 3.8) is 0 Å². The number of ether oxygens (including phenoxy) is 5. The van der Waals surface area contributed by atoms with Crippen LogP contribution >= 0.6 is 10.0 Å². The maximum atomic E-state index is 15.1. The Kier molecular flexibility index (Phi) is 12.4. The van der Waals surface area contributed by atoms with Crippen molar-refractivity contribution in [2.45, 2.75) is 66.1 Å². The molecule has 0 aliphatic carbocycles. The quantitative estimate of drug-likeness (QED) is 0.111. The number of carbonyl (C=O) groups is 1. The van der Waals surface area contributed by atoms with E-state index in [1.165, 1.54) is 29.5 Å². The summed E-state index contributed by atoms with van der Waals surface area (Å²) in [5.41, 5.74) is 2.66. The first kappa shape index (κ1) is 43.9. The summed E-state index contributed by atoms with van der Waals surface area (Å²) in [6.45, 7) is 9.36. The number of anilines is 2. The zero-order chi connectivity index (χ0) is 45.3. The lowest BCUT2D eigenvalue weighted by atomic mass is 9.94. The van der Waals surface area contributed by atoms with Crippen molar-refractivity contribution in [3.05, 3.63) is 151 Å². The van der Waals surface area contributed by atoms with Gasteiger partial charge in [-0.1, -0.05) is 22.2 Å². The molecule has 4 aliphatic rings. The van der Waals surface area contributed by atoms with Crippen molar-refractivity contribution in [1.82, 2.24) is 29.6 Å². The van der Waals surface area contributed by atoms with Crippen molar-refractivity contribution in [3.8, 4) is 5.75 Å². The molecule has 66 heavy (non-hydrogen) atoms. The molecule has 10 rings (SSSR count). The first-order valence-corrected chi connectivity index (χ1v) is 24.0. The van der Waals surface area contributed by atoms with Gasteiger partial charge in [-0.3, -0.25) is 14.8 Å². The molecule has 6 aromatic rings. The Morgan fingerprint density at radius 2 is 1.56 bits per heavy atom. The standard InChI is InChI=1S/C49H52F2N8O6S/c1-34(2)59-28-45(43-7-3-8-44(55-43)47-61-24-5-25-62-47)66(48(59)60,40-6-4-19-52-27-40)39-16-12-37(13-17-39)57-22-20-56(21-23-57)36-10-14-38(15-11-36)63-29-46-64-31-49(65-46,30-58-33-53-32-54-58)41-18-9-35(50)26-42(41)51/h3-4,6-19,26-27,32-34,45-47H,5,20-25,28-31H2,1-2H3/t45?,46-,49+/m0/s1. The molecule has 0 radical (unpaired) electrons. The Balaban J connectivity index is 0.809. The van der Waals surface area contributed by atoms with Crippen LogP contribution in [0.5, 0.6) is 5.75 Å². The fourth-order valence-electron chi connectivity index (χ4n) is 9.40. The summed E-state index contributed by atoms with van der Waals surface area (Å²) in [6, 6.07) is 29.9. The average molecular weight is 919 g/mol. The van der Waals surface area contributed by atoms with E-state index in [0.29, 0.717) is 25.5 Å². The van der Waals surface area contributed by atoms with Gasteiger partial charge in [-0.15, -0.1) is 0 Å². The lowest BCUT2D eigenvalue weighted by Crippen LogP contribution is -2.46. The van der Waals surface area contributed by atoms with Gasteiger partial charge in [0, 0.05) is 84.0 Å². The smallest absolute Gasteiger partial charge is 0.273 e. The van der Waals surface area contributed by atoms with Gasteiger partial charge in [-0.2, -0.15) is 5.10 Å². The summed E-state index contributed by atoms with van der Waals surface area (Å²) in [5.74, 6) is -0.776. The predicted octanol–water partition coefficient (Wildman–Crippen LogP) is 8.26. The Morgan fingerprint density at radius 1 is 0.833 bits per heavy atom. The van der Waals surface area contributed by atoms with Crippen molar-refractivity contribution in [2.75, 3.05) is 69.0 Å². The summed E-state index contributed by atoms with van der Waals surface area (Å²) >= 11 is 0. The van der Waals surface area contributed by atoms with E-state index >= 15 is 9.18 Å². The molecule has 4 atom stereocenters. The third-order valence-electron chi connectivity index (χ3n) is 12.7. The van der Waals surface area contributed by atoms with Crippen LogP contribution < -0.4 is 14.5 Å². The largest absolute Gasteiger partial charge is 0.488 e. The average Bonchev–Trinajstić information content (AvgIpc) is 4.10. The van der Waals surface area contributed by atoms with Crippen LogP contribution in [0, 0.1) is 11.6 Å². The van der Waals surface area contributed by atoms with E-state index in [-0.39, 0.29) is 41.9 Å². The molecule has 14 nitrogen and oxygen atoms in total. The third-order valence-corrected chi connectivity index (χ3v) is 16.8. The van der Waals surface area contributed by atoms with Gasteiger partial charge in [0.2, 0.25) is 6.29 Å². The molecular formula is C49H52F2N8O6S. The van der Waals surface area contributed by atoms with Gasteiger partial charge in [0.1, 0.15) is 42.2 Å². The zero-order valence-electron chi connectivity index (χ0n) is 36.8. The monoisotopic (exact) mass is 918 g/mol. The lowest BCUT2D eigenvalue weighted by molar-refractivity contribution is -0.185. The minimum Gasteiger partial charge on any atom is -0.488 e. The first-order chi connectivity index (χ1) is 32.2. The molecule has 7 heterocycles. The Labute approximate surface area is 383 Å². The van der Waals surface area contributed by atoms with Crippen LogP contribution in [0.1, 0.15) is 48.8 Å². The fourth-order valence-corrected chi connectivity index (χ4v) is 13.6. The van der Waals surface area contributed by atoms with Gasteiger partial charge in [0.25, 0.3) is 5.24 Å². The molecule has 3 aromatic heterocycles. The lowest BCUT2D eigenvalue weighted by Gasteiger charge is -2.40. The Bertz CT molecular complexity index is 2600. The number of aromatic nitrogens is 5. The number of hydrogen-bond donors (Lipinski definition) is 0. The van der Waals surface area contributed by atoms with E-state index in [1.54, 1.807) is 6.20 Å². The molecule has 4 saturated heterocycles. The van der Waals surface area contributed by atoms with E-state index in [4.69, 9.17) is 28.7 Å². The highest BCUT2D eigenvalue weighted by atomic mass is 32.3. The highest BCUT2D eigenvalue weighted by Gasteiger charge is 2.54. The van der Waals surface area contributed by atoms with E-state index in [9.17, 15) is 4.39 Å². The normalized spacial score (nSPS) is 24.8. The van der Waals surface area contributed by atoms with E-state index in [1.807, 2.05) is 65.7 Å². The van der Waals surface area contributed by atoms with E-state index in [2.05, 4.69) is 63.0 Å². The van der Waals surface area contributed by atoms with Crippen LogP contribution in [0.2, 0.25) is 0 Å². The summed E-state index contributed by atoms with van der Waals surface area (Å²) < 4.78 is 60.6. The van der Waals surface area contributed by atoms with E-state index < -0.39 is 39.8 Å². The van der Waals surface area contributed by atoms with Gasteiger partial charge in [0.15, 0.2) is 6.29 Å². The molecule has 344 valence electrons. The molecule has 4 aliphatic heterocycles. The van der Waals surface area contributed by atoms with Crippen LogP contribution in [-0.2, 0) is 31.1 Å². The summed E-state index contributed by atoms with van der Waals surface area (Å²) in [7, 11) is -2.37. The topological polar surface area (TPSA) is 129 Å². The number of nitrogens with zero attached hydrogens (tertiary/aromatic N) is 8. The number of piperazine rings is 1. The molecule has 2 unspecified atom stereocenters. The van der Waals surface area contributed by atoms with Crippen molar-refractivity contribution in [2.24, 2.45) is 0 Å². The number of carbonyl (C=O) groups excluding carboxylic acids is 1. The second-order valence-corrected chi connectivity index (χ2v) is 20.3. The predicted molar refractivity (Wildman–Crippen MR) is 244 cm³/mol. The van der Waals surface area contributed by atoms with Gasteiger partial charge in [0.05, 0.1) is 43.0 Å². The van der Waals surface area contributed by atoms with Gasteiger partial charge < -0.3 is 38.4 Å². The molecular weight excluding hydrogens is 867 g/mol. The van der Waals surface area contributed by atoms with Gasteiger partial charge >= 0.3 is 0 Å². The second kappa shape index (κ2) is 18.7. The molecule has 1 amide bonds. The molecule has 0 saturated carbocycles. The Morgan fingerprint density at radius 3 is 2.23 bits per heavy atom. The SMILES string of the molecule is CC(C)N1CC(c2cccc(C3OCCCO3)n2)S(c2ccc(N3CCN(c4ccc(OC[C@H]5OC[C@](Cn6cncn6)(c6ccc(F)cc6F)O5)cc4)CC3)cc2)(c2cccnc2)C1=O. The highest BCUT2D eigenvalue weighted by Crippen LogP contribution is 2.75. The maximum Gasteiger partial charge on any atom is 0.273 e. The zero-order valence-corrected chi connectivity index (χ0v) is 37.6. The molecule has 0 spiro atoms. The highest BCUT2D eigenvalue weighted by molar-refractivity contribution is 8.45. The van der Waals surface area contributed by atoms with Crippen molar-refractivity contribution < 1.29 is 37.3 Å².